The fourth-order valence-electron chi connectivity index (χ4n) is 8.50. The first-order valence-electron chi connectivity index (χ1n) is 18.8. The van der Waals surface area contributed by atoms with Gasteiger partial charge < -0.3 is 8.83 Å². The van der Waals surface area contributed by atoms with E-state index in [2.05, 4.69) is 121 Å². The number of rotatable bonds is 4. The Hall–Kier alpha value is -7.63. The maximum atomic E-state index is 6.29. The topological polar surface area (TPSA) is 65.0 Å². The van der Waals surface area contributed by atoms with Gasteiger partial charge in [0.1, 0.15) is 22.3 Å². The van der Waals surface area contributed by atoms with Crippen LogP contribution in [-0.2, 0) is 0 Å². The molecule has 0 aliphatic rings. The van der Waals surface area contributed by atoms with Gasteiger partial charge in [0.2, 0.25) is 0 Å². The van der Waals surface area contributed by atoms with Crippen LogP contribution in [0.5, 0.6) is 0 Å². The molecule has 0 saturated carbocycles. The van der Waals surface area contributed by atoms with E-state index in [1.165, 1.54) is 37.9 Å². The van der Waals surface area contributed by atoms with Crippen LogP contribution in [0.3, 0.4) is 0 Å². The predicted molar refractivity (Wildman–Crippen MR) is 229 cm³/mol. The highest BCUT2D eigenvalue weighted by Crippen LogP contribution is 2.40. The zero-order valence-corrected chi connectivity index (χ0v) is 29.9. The van der Waals surface area contributed by atoms with Crippen molar-refractivity contribution in [2.75, 3.05) is 0 Å². The summed E-state index contributed by atoms with van der Waals surface area (Å²) in [6.07, 6.45) is 0. The zero-order chi connectivity index (χ0) is 36.7. The van der Waals surface area contributed by atoms with E-state index < -0.39 is 0 Å². The van der Waals surface area contributed by atoms with Crippen LogP contribution in [0.25, 0.3) is 121 Å². The first-order valence-corrected chi connectivity index (χ1v) is 18.8. The van der Waals surface area contributed by atoms with Gasteiger partial charge in [-0.2, -0.15) is 0 Å². The van der Waals surface area contributed by atoms with Crippen LogP contribution in [0.1, 0.15) is 0 Å². The quantitative estimate of drug-likeness (QED) is 0.170. The van der Waals surface area contributed by atoms with Crippen molar-refractivity contribution >= 4 is 76.2 Å². The molecule has 0 saturated heterocycles. The second-order valence-electron chi connectivity index (χ2n) is 14.3. The fourth-order valence-corrected chi connectivity index (χ4v) is 8.50. The Morgan fingerprint density at radius 3 is 1.70 bits per heavy atom. The van der Waals surface area contributed by atoms with Gasteiger partial charge in [0, 0.05) is 38.2 Å². The van der Waals surface area contributed by atoms with Gasteiger partial charge in [-0.1, -0.05) is 140 Å². The van der Waals surface area contributed by atoms with Gasteiger partial charge in [-0.25, -0.2) is 15.0 Å². The lowest BCUT2D eigenvalue weighted by molar-refractivity contribution is 0.668. The second-order valence-corrected chi connectivity index (χ2v) is 14.3. The molecule has 3 heterocycles. The van der Waals surface area contributed by atoms with Crippen LogP contribution in [-0.4, -0.2) is 15.0 Å². The van der Waals surface area contributed by atoms with Crippen LogP contribution in [0.15, 0.2) is 185 Å². The smallest absolute Gasteiger partial charge is 0.164 e. The maximum absolute atomic E-state index is 6.29. The van der Waals surface area contributed by atoms with Crippen molar-refractivity contribution in [3.8, 4) is 45.3 Å². The standard InChI is InChI=1S/C51H29N3O2/c1-2-11-35-30(10-1)22-25-33-28-42(36-12-3-4-14-39(36)47(33)35)31-20-23-32(24-21-31)49-52-50(34-26-27-38-37-13-5-7-17-43(37)56-46(38)29-34)54-51(53-49)41-16-9-19-45-48(41)40-15-6-8-18-44(40)55-45/h1-29H. The summed E-state index contributed by atoms with van der Waals surface area (Å²) in [5, 5.41) is 11.6. The van der Waals surface area contributed by atoms with Crippen molar-refractivity contribution in [3.05, 3.63) is 176 Å². The summed E-state index contributed by atoms with van der Waals surface area (Å²) >= 11 is 0. The molecule has 0 atom stereocenters. The summed E-state index contributed by atoms with van der Waals surface area (Å²) in [5.74, 6) is 1.72. The Kier molecular flexibility index (Phi) is 6.56. The first kappa shape index (κ1) is 30.8. The molecule has 0 unspecified atom stereocenters. The normalized spacial score (nSPS) is 11.9. The monoisotopic (exact) mass is 715 g/mol. The third kappa shape index (κ3) is 4.71. The third-order valence-electron chi connectivity index (χ3n) is 11.1. The van der Waals surface area contributed by atoms with Crippen LogP contribution < -0.4 is 0 Å². The largest absolute Gasteiger partial charge is 0.456 e. The molecule has 5 nitrogen and oxygen atoms in total. The molecule has 3 aromatic heterocycles. The molecule has 12 aromatic rings. The molecule has 0 amide bonds. The predicted octanol–water partition coefficient (Wildman–Crippen LogP) is 13.8. The molecule has 0 radical (unpaired) electrons. The lowest BCUT2D eigenvalue weighted by Gasteiger charge is -2.14. The number of hydrogen-bond donors (Lipinski definition) is 0. The highest BCUT2D eigenvalue weighted by atomic mass is 16.3. The highest BCUT2D eigenvalue weighted by molar-refractivity contribution is 6.23. The van der Waals surface area contributed by atoms with Crippen LogP contribution in [0, 0.1) is 0 Å². The number of aromatic nitrogens is 3. The molecule has 5 heteroatoms. The molecule has 0 N–H and O–H groups in total. The number of hydrogen-bond acceptors (Lipinski definition) is 5. The van der Waals surface area contributed by atoms with Crippen molar-refractivity contribution in [1.82, 2.24) is 15.0 Å². The Bertz CT molecular complexity index is 3540. The average molecular weight is 716 g/mol. The Morgan fingerprint density at radius 1 is 0.286 bits per heavy atom. The molecule has 0 fully saturated rings. The lowest BCUT2D eigenvalue weighted by atomic mass is 9.90. The average Bonchev–Trinajstić information content (AvgIpc) is 3.84. The summed E-state index contributed by atoms with van der Waals surface area (Å²) in [6, 6.07) is 61.2. The molecule has 0 aliphatic heterocycles. The van der Waals surface area contributed by atoms with Crippen molar-refractivity contribution in [1.29, 1.82) is 0 Å². The van der Waals surface area contributed by atoms with Gasteiger partial charge in [0.15, 0.2) is 17.5 Å². The molecule has 0 spiro atoms. The van der Waals surface area contributed by atoms with E-state index in [0.29, 0.717) is 17.5 Å². The number of para-hydroxylation sites is 2. The minimum atomic E-state index is 0.564. The lowest BCUT2D eigenvalue weighted by Crippen LogP contribution is -2.00. The summed E-state index contributed by atoms with van der Waals surface area (Å²) in [5.41, 5.74) is 8.18. The van der Waals surface area contributed by atoms with E-state index in [4.69, 9.17) is 23.8 Å². The van der Waals surface area contributed by atoms with Crippen molar-refractivity contribution in [2.24, 2.45) is 0 Å². The van der Waals surface area contributed by atoms with Gasteiger partial charge >= 0.3 is 0 Å². The number of nitrogens with zero attached hydrogens (tertiary/aromatic N) is 3. The first-order chi connectivity index (χ1) is 27.7. The summed E-state index contributed by atoms with van der Waals surface area (Å²) < 4.78 is 12.6. The molecule has 12 rings (SSSR count). The molecule has 56 heavy (non-hydrogen) atoms. The van der Waals surface area contributed by atoms with Crippen molar-refractivity contribution in [2.45, 2.75) is 0 Å². The second kappa shape index (κ2) is 11.9. The van der Waals surface area contributed by atoms with E-state index in [9.17, 15) is 0 Å². The summed E-state index contributed by atoms with van der Waals surface area (Å²) in [7, 11) is 0. The molecule has 260 valence electrons. The highest BCUT2D eigenvalue weighted by Gasteiger charge is 2.19. The molecule has 9 aromatic carbocycles. The van der Waals surface area contributed by atoms with E-state index in [0.717, 1.165) is 66.1 Å². The summed E-state index contributed by atoms with van der Waals surface area (Å²) in [6.45, 7) is 0. The van der Waals surface area contributed by atoms with Crippen LogP contribution in [0.2, 0.25) is 0 Å². The SMILES string of the molecule is c1ccc2c(c1)ccc1cc(-c3ccc(-c4nc(-c5ccc6c(c5)oc5ccccc56)nc(-c5cccc6oc7ccccc7c56)n4)cc3)c3ccccc3c12. The molecular weight excluding hydrogens is 687 g/mol. The Morgan fingerprint density at radius 2 is 0.857 bits per heavy atom. The van der Waals surface area contributed by atoms with Crippen molar-refractivity contribution < 1.29 is 8.83 Å². The van der Waals surface area contributed by atoms with Gasteiger partial charge in [-0.3, -0.25) is 0 Å². The van der Waals surface area contributed by atoms with Gasteiger partial charge in [0.05, 0.1) is 0 Å². The Labute approximate surface area is 320 Å². The molecule has 0 bridgehead atoms. The van der Waals surface area contributed by atoms with Crippen LogP contribution in [0.4, 0.5) is 0 Å². The molecule has 0 aliphatic carbocycles. The van der Waals surface area contributed by atoms with Gasteiger partial charge in [0.25, 0.3) is 0 Å². The summed E-state index contributed by atoms with van der Waals surface area (Å²) in [4.78, 5) is 15.4. The van der Waals surface area contributed by atoms with Crippen LogP contribution >= 0.6 is 0 Å². The zero-order valence-electron chi connectivity index (χ0n) is 29.9. The number of fused-ring (bicyclic) bond motifs is 11. The fraction of sp³-hybridized carbons (Fsp3) is 0. The van der Waals surface area contributed by atoms with Crippen molar-refractivity contribution in [3.63, 3.8) is 0 Å². The minimum Gasteiger partial charge on any atom is -0.456 e. The van der Waals surface area contributed by atoms with E-state index in [1.807, 2.05) is 54.6 Å². The minimum absolute atomic E-state index is 0.564. The van der Waals surface area contributed by atoms with E-state index >= 15 is 0 Å². The van der Waals surface area contributed by atoms with Gasteiger partial charge in [-0.15, -0.1) is 0 Å². The maximum Gasteiger partial charge on any atom is 0.164 e. The molecular formula is C51H29N3O2. The number of benzene rings is 9. The van der Waals surface area contributed by atoms with E-state index in [1.54, 1.807) is 0 Å². The van der Waals surface area contributed by atoms with E-state index in [-0.39, 0.29) is 0 Å². The Balaban J connectivity index is 1.04. The third-order valence-corrected chi connectivity index (χ3v) is 11.1. The van der Waals surface area contributed by atoms with Gasteiger partial charge in [-0.05, 0) is 79.8 Å². The number of furan rings is 2.